The summed E-state index contributed by atoms with van der Waals surface area (Å²) >= 11 is 5.66. The van der Waals surface area contributed by atoms with Crippen molar-refractivity contribution in [3.8, 4) is 11.4 Å². The molecule has 0 fully saturated rings. The van der Waals surface area contributed by atoms with Gasteiger partial charge in [-0.2, -0.15) is 15.0 Å². The molecule has 70 valence electrons. The Labute approximate surface area is 85.8 Å². The van der Waals surface area contributed by atoms with E-state index in [4.69, 9.17) is 17.3 Å². The second kappa shape index (κ2) is 3.59. The van der Waals surface area contributed by atoms with Crippen LogP contribution in [0.2, 0.25) is 5.28 Å². The van der Waals surface area contributed by atoms with Crippen molar-refractivity contribution in [2.45, 2.75) is 0 Å². The van der Waals surface area contributed by atoms with Crippen LogP contribution in [0.25, 0.3) is 11.4 Å². The van der Waals surface area contributed by atoms with Gasteiger partial charge in [0.05, 0.1) is 0 Å². The lowest BCUT2D eigenvalue weighted by molar-refractivity contribution is 1.07. The Bertz CT molecular complexity index is 424. The molecule has 0 aliphatic rings. The highest BCUT2D eigenvalue weighted by Crippen LogP contribution is 2.15. The number of halogens is 1. The van der Waals surface area contributed by atoms with Gasteiger partial charge in [0.25, 0.3) is 0 Å². The minimum Gasteiger partial charge on any atom is -0.368 e. The lowest BCUT2D eigenvalue weighted by Crippen LogP contribution is -1.99. The van der Waals surface area contributed by atoms with Crippen LogP contribution in [-0.4, -0.2) is 15.0 Å². The van der Waals surface area contributed by atoms with Gasteiger partial charge in [0, 0.05) is 5.56 Å². The molecule has 5 heteroatoms. The zero-order valence-corrected chi connectivity index (χ0v) is 7.94. The van der Waals surface area contributed by atoms with Crippen LogP contribution in [0.15, 0.2) is 30.3 Å². The van der Waals surface area contributed by atoms with Gasteiger partial charge in [0.15, 0.2) is 5.82 Å². The van der Waals surface area contributed by atoms with Gasteiger partial charge in [-0.15, -0.1) is 0 Å². The standard InChI is InChI=1S/C9H7ClN4/c10-8-12-7(13-9(11)14-8)6-4-2-1-3-5-6/h1-5H,(H2,11,12,13,14). The minimum atomic E-state index is 0.108. The van der Waals surface area contributed by atoms with Gasteiger partial charge in [-0.3, -0.25) is 0 Å². The van der Waals surface area contributed by atoms with E-state index in [0.717, 1.165) is 5.56 Å². The fraction of sp³-hybridized carbons (Fsp3) is 0. The molecule has 0 atom stereocenters. The van der Waals surface area contributed by atoms with E-state index in [1.165, 1.54) is 0 Å². The summed E-state index contributed by atoms with van der Waals surface area (Å²) in [5, 5.41) is 0.108. The van der Waals surface area contributed by atoms with Gasteiger partial charge in [-0.05, 0) is 11.6 Å². The first-order valence-electron chi connectivity index (χ1n) is 3.98. The van der Waals surface area contributed by atoms with Crippen molar-refractivity contribution in [3.63, 3.8) is 0 Å². The van der Waals surface area contributed by atoms with Crippen LogP contribution in [0.1, 0.15) is 0 Å². The molecule has 0 spiro atoms. The minimum absolute atomic E-state index is 0.108. The van der Waals surface area contributed by atoms with E-state index >= 15 is 0 Å². The number of rotatable bonds is 1. The van der Waals surface area contributed by atoms with Crippen LogP contribution in [0, 0.1) is 0 Å². The first-order chi connectivity index (χ1) is 6.75. The number of aromatic nitrogens is 3. The molecule has 0 aliphatic carbocycles. The van der Waals surface area contributed by atoms with Crippen LogP contribution in [0.3, 0.4) is 0 Å². The van der Waals surface area contributed by atoms with Crippen molar-refractivity contribution in [1.82, 2.24) is 15.0 Å². The Morgan fingerprint density at radius 3 is 2.36 bits per heavy atom. The molecule has 0 amide bonds. The molecule has 4 nitrogen and oxygen atoms in total. The maximum atomic E-state index is 5.66. The van der Waals surface area contributed by atoms with E-state index in [2.05, 4.69) is 15.0 Å². The summed E-state index contributed by atoms with van der Waals surface area (Å²) in [5.74, 6) is 0.618. The molecule has 1 heterocycles. The third-order valence-corrected chi connectivity index (χ3v) is 1.83. The summed E-state index contributed by atoms with van der Waals surface area (Å²) in [5.41, 5.74) is 6.31. The number of nitrogens with zero attached hydrogens (tertiary/aromatic N) is 3. The van der Waals surface area contributed by atoms with Crippen LogP contribution in [0.5, 0.6) is 0 Å². The smallest absolute Gasteiger partial charge is 0.227 e. The van der Waals surface area contributed by atoms with Crippen molar-refractivity contribution < 1.29 is 0 Å². The lowest BCUT2D eigenvalue weighted by Gasteiger charge is -2.00. The fourth-order valence-electron chi connectivity index (χ4n) is 1.08. The van der Waals surface area contributed by atoms with Crippen molar-refractivity contribution >= 4 is 17.5 Å². The molecule has 1 aromatic heterocycles. The topological polar surface area (TPSA) is 64.7 Å². The van der Waals surface area contributed by atoms with Crippen LogP contribution in [0.4, 0.5) is 5.95 Å². The number of anilines is 1. The second-order valence-corrected chi connectivity index (χ2v) is 2.99. The van der Waals surface area contributed by atoms with Crippen molar-refractivity contribution in [2.75, 3.05) is 5.73 Å². The summed E-state index contributed by atoms with van der Waals surface area (Å²) in [4.78, 5) is 11.6. The van der Waals surface area contributed by atoms with Crippen LogP contribution < -0.4 is 5.73 Å². The zero-order chi connectivity index (χ0) is 9.97. The zero-order valence-electron chi connectivity index (χ0n) is 7.18. The molecular weight excluding hydrogens is 200 g/mol. The van der Waals surface area contributed by atoms with E-state index in [0.29, 0.717) is 5.82 Å². The van der Waals surface area contributed by atoms with E-state index < -0.39 is 0 Å². The Morgan fingerprint density at radius 2 is 1.71 bits per heavy atom. The third kappa shape index (κ3) is 1.80. The molecule has 0 aliphatic heterocycles. The molecule has 0 saturated heterocycles. The first kappa shape index (κ1) is 8.90. The quantitative estimate of drug-likeness (QED) is 0.773. The summed E-state index contributed by atoms with van der Waals surface area (Å²) in [6.07, 6.45) is 0. The second-order valence-electron chi connectivity index (χ2n) is 2.65. The fourth-order valence-corrected chi connectivity index (χ4v) is 1.25. The van der Waals surface area contributed by atoms with Crippen LogP contribution >= 0.6 is 11.6 Å². The predicted molar refractivity (Wildman–Crippen MR) is 54.7 cm³/mol. The van der Waals surface area contributed by atoms with Crippen LogP contribution in [-0.2, 0) is 0 Å². The summed E-state index contributed by atoms with van der Waals surface area (Å²) in [6, 6.07) is 9.46. The highest BCUT2D eigenvalue weighted by Gasteiger charge is 2.03. The monoisotopic (exact) mass is 206 g/mol. The molecule has 2 N–H and O–H groups in total. The molecule has 0 saturated carbocycles. The third-order valence-electron chi connectivity index (χ3n) is 1.66. The number of nitrogens with two attached hydrogens (primary N) is 1. The SMILES string of the molecule is Nc1nc(Cl)nc(-c2ccccc2)n1. The largest absolute Gasteiger partial charge is 0.368 e. The Hall–Kier alpha value is -1.68. The van der Waals surface area contributed by atoms with E-state index in [9.17, 15) is 0 Å². The normalized spacial score (nSPS) is 10.1. The van der Waals surface area contributed by atoms with Gasteiger partial charge in [0.1, 0.15) is 0 Å². The molecule has 0 bridgehead atoms. The van der Waals surface area contributed by atoms with E-state index in [-0.39, 0.29) is 11.2 Å². The van der Waals surface area contributed by atoms with Crippen molar-refractivity contribution in [2.24, 2.45) is 0 Å². The van der Waals surface area contributed by atoms with Crippen molar-refractivity contribution in [1.29, 1.82) is 0 Å². The number of hydrogen-bond donors (Lipinski definition) is 1. The van der Waals surface area contributed by atoms with Gasteiger partial charge in [-0.25, -0.2) is 0 Å². The Balaban J connectivity index is 2.52. The summed E-state index contributed by atoms with van der Waals surface area (Å²) in [6.45, 7) is 0. The molecule has 2 rings (SSSR count). The highest BCUT2D eigenvalue weighted by atomic mass is 35.5. The predicted octanol–water partition coefficient (Wildman–Crippen LogP) is 1.77. The lowest BCUT2D eigenvalue weighted by atomic mass is 10.2. The molecule has 0 radical (unpaired) electrons. The van der Waals surface area contributed by atoms with Gasteiger partial charge >= 0.3 is 0 Å². The summed E-state index contributed by atoms with van der Waals surface area (Å²) < 4.78 is 0. The molecule has 0 unspecified atom stereocenters. The van der Waals surface area contributed by atoms with Gasteiger partial charge in [0.2, 0.25) is 11.2 Å². The maximum Gasteiger partial charge on any atom is 0.227 e. The van der Waals surface area contributed by atoms with E-state index in [1.807, 2.05) is 30.3 Å². The van der Waals surface area contributed by atoms with Gasteiger partial charge < -0.3 is 5.73 Å². The molecule has 1 aromatic carbocycles. The van der Waals surface area contributed by atoms with Crippen molar-refractivity contribution in [3.05, 3.63) is 35.6 Å². The maximum absolute atomic E-state index is 5.66. The highest BCUT2D eigenvalue weighted by molar-refractivity contribution is 6.28. The molecule has 2 aromatic rings. The average Bonchev–Trinajstić information content (AvgIpc) is 2.18. The summed E-state index contributed by atoms with van der Waals surface area (Å²) in [7, 11) is 0. The van der Waals surface area contributed by atoms with E-state index in [1.54, 1.807) is 0 Å². The molecule has 14 heavy (non-hydrogen) atoms. The number of hydrogen-bond acceptors (Lipinski definition) is 4. The Morgan fingerprint density at radius 1 is 1.00 bits per heavy atom. The molecular formula is C9H7ClN4. The average molecular weight is 207 g/mol. The Kier molecular flexibility index (Phi) is 2.28. The number of benzene rings is 1. The number of nitrogen functional groups attached to an aromatic ring is 1. The first-order valence-corrected chi connectivity index (χ1v) is 4.36. The van der Waals surface area contributed by atoms with Gasteiger partial charge in [-0.1, -0.05) is 30.3 Å².